The molecule has 1 aliphatic rings. The highest BCUT2D eigenvalue weighted by molar-refractivity contribution is 5.81. The molecular formula is C16H20N2O2. The van der Waals surface area contributed by atoms with Crippen molar-refractivity contribution in [2.75, 3.05) is 0 Å². The zero-order valence-electron chi connectivity index (χ0n) is 11.6. The predicted octanol–water partition coefficient (Wildman–Crippen LogP) is 3.21. The fourth-order valence-electron chi connectivity index (χ4n) is 2.90. The maximum absolute atomic E-state index is 12.1. The summed E-state index contributed by atoms with van der Waals surface area (Å²) >= 11 is 0. The van der Waals surface area contributed by atoms with Gasteiger partial charge in [0.1, 0.15) is 5.52 Å². The van der Waals surface area contributed by atoms with Gasteiger partial charge in [-0.25, -0.2) is 4.98 Å². The molecule has 1 heterocycles. The molecule has 0 atom stereocenters. The summed E-state index contributed by atoms with van der Waals surface area (Å²) in [6, 6.07) is 6.10. The van der Waals surface area contributed by atoms with Gasteiger partial charge in [0.2, 0.25) is 5.91 Å². The maximum Gasteiger partial charge on any atom is 0.224 e. The molecule has 4 heteroatoms. The lowest BCUT2D eigenvalue weighted by atomic mass is 10.1. The van der Waals surface area contributed by atoms with Crippen LogP contribution in [0.3, 0.4) is 0 Å². The SMILES string of the molecule is O=C(Cc1ccc2ncoc2c1)NC1CCCCCC1. The monoisotopic (exact) mass is 272 g/mol. The smallest absolute Gasteiger partial charge is 0.224 e. The van der Waals surface area contributed by atoms with Crippen LogP contribution in [0.25, 0.3) is 11.1 Å². The summed E-state index contributed by atoms with van der Waals surface area (Å²) in [6.07, 6.45) is 9.14. The first-order valence-corrected chi connectivity index (χ1v) is 7.43. The minimum absolute atomic E-state index is 0.107. The Bertz CT molecular complexity index is 583. The Balaban J connectivity index is 1.59. The normalized spacial score (nSPS) is 17.0. The highest BCUT2D eigenvalue weighted by Crippen LogP contribution is 2.18. The summed E-state index contributed by atoms with van der Waals surface area (Å²) in [5, 5.41) is 3.16. The number of nitrogens with one attached hydrogen (secondary N) is 1. The molecule has 1 saturated carbocycles. The van der Waals surface area contributed by atoms with Crippen LogP contribution in [0, 0.1) is 0 Å². The molecule has 0 saturated heterocycles. The molecule has 1 aliphatic carbocycles. The van der Waals surface area contributed by atoms with E-state index in [0.29, 0.717) is 12.5 Å². The van der Waals surface area contributed by atoms with Crippen LogP contribution in [0.1, 0.15) is 44.1 Å². The summed E-state index contributed by atoms with van der Waals surface area (Å²) in [5.41, 5.74) is 2.54. The topological polar surface area (TPSA) is 55.1 Å². The second-order valence-electron chi connectivity index (χ2n) is 5.59. The van der Waals surface area contributed by atoms with Crippen molar-refractivity contribution in [1.82, 2.24) is 10.3 Å². The second-order valence-corrected chi connectivity index (χ2v) is 5.59. The van der Waals surface area contributed by atoms with E-state index in [1.54, 1.807) is 0 Å². The molecule has 1 aromatic heterocycles. The molecule has 1 aromatic carbocycles. The molecule has 2 aromatic rings. The number of aromatic nitrogens is 1. The van der Waals surface area contributed by atoms with Gasteiger partial charge in [-0.2, -0.15) is 0 Å². The number of amides is 1. The average Bonchev–Trinajstić information content (AvgIpc) is 2.75. The summed E-state index contributed by atoms with van der Waals surface area (Å²) in [5.74, 6) is 0.107. The Morgan fingerprint density at radius 1 is 1.25 bits per heavy atom. The molecular weight excluding hydrogens is 252 g/mol. The highest BCUT2D eigenvalue weighted by atomic mass is 16.3. The zero-order chi connectivity index (χ0) is 13.8. The Hall–Kier alpha value is -1.84. The van der Waals surface area contributed by atoms with Gasteiger partial charge in [0.25, 0.3) is 0 Å². The first-order valence-electron chi connectivity index (χ1n) is 7.43. The van der Waals surface area contributed by atoms with E-state index in [1.165, 1.54) is 32.1 Å². The second kappa shape index (κ2) is 6.07. The van der Waals surface area contributed by atoms with Gasteiger partial charge in [0.15, 0.2) is 12.0 Å². The van der Waals surface area contributed by atoms with Crippen LogP contribution >= 0.6 is 0 Å². The number of rotatable bonds is 3. The van der Waals surface area contributed by atoms with Crippen LogP contribution < -0.4 is 5.32 Å². The van der Waals surface area contributed by atoms with E-state index in [9.17, 15) is 4.79 Å². The Morgan fingerprint density at radius 2 is 2.05 bits per heavy atom. The molecule has 0 spiro atoms. The molecule has 1 N–H and O–H groups in total. The van der Waals surface area contributed by atoms with E-state index in [2.05, 4.69) is 10.3 Å². The highest BCUT2D eigenvalue weighted by Gasteiger charge is 2.15. The first kappa shape index (κ1) is 13.2. The average molecular weight is 272 g/mol. The maximum atomic E-state index is 12.1. The van der Waals surface area contributed by atoms with Gasteiger partial charge >= 0.3 is 0 Å². The third kappa shape index (κ3) is 3.18. The lowest BCUT2D eigenvalue weighted by Crippen LogP contribution is -2.35. The summed E-state index contributed by atoms with van der Waals surface area (Å²) in [7, 11) is 0. The minimum atomic E-state index is 0.107. The summed E-state index contributed by atoms with van der Waals surface area (Å²) in [6.45, 7) is 0. The lowest BCUT2D eigenvalue weighted by molar-refractivity contribution is -0.121. The van der Waals surface area contributed by atoms with E-state index in [-0.39, 0.29) is 5.91 Å². The van der Waals surface area contributed by atoms with Gasteiger partial charge in [-0.05, 0) is 30.5 Å². The number of hydrogen-bond acceptors (Lipinski definition) is 3. The summed E-state index contributed by atoms with van der Waals surface area (Å²) < 4.78 is 5.26. The van der Waals surface area contributed by atoms with Crippen LogP contribution in [-0.2, 0) is 11.2 Å². The quantitative estimate of drug-likeness (QED) is 0.873. The molecule has 3 rings (SSSR count). The van der Waals surface area contributed by atoms with Crippen LogP contribution in [0.15, 0.2) is 29.0 Å². The minimum Gasteiger partial charge on any atom is -0.443 e. The summed E-state index contributed by atoms with van der Waals surface area (Å²) in [4.78, 5) is 16.2. The molecule has 0 bridgehead atoms. The molecule has 4 nitrogen and oxygen atoms in total. The fraction of sp³-hybridized carbons (Fsp3) is 0.500. The molecule has 1 amide bonds. The number of fused-ring (bicyclic) bond motifs is 1. The van der Waals surface area contributed by atoms with Crippen LogP contribution in [0.4, 0.5) is 0 Å². The third-order valence-corrected chi connectivity index (χ3v) is 3.98. The van der Waals surface area contributed by atoms with Gasteiger partial charge in [-0.3, -0.25) is 4.79 Å². The number of hydrogen-bond donors (Lipinski definition) is 1. The van der Waals surface area contributed by atoms with Crippen LogP contribution in [-0.4, -0.2) is 16.9 Å². The van der Waals surface area contributed by atoms with Gasteiger partial charge in [0.05, 0.1) is 6.42 Å². The Kier molecular flexibility index (Phi) is 4.00. The molecule has 0 radical (unpaired) electrons. The van der Waals surface area contributed by atoms with Crippen molar-refractivity contribution in [3.8, 4) is 0 Å². The largest absolute Gasteiger partial charge is 0.443 e. The van der Waals surface area contributed by atoms with Crippen molar-refractivity contribution in [2.45, 2.75) is 51.0 Å². The standard InChI is InChI=1S/C16H20N2O2/c19-16(18-13-5-3-1-2-4-6-13)10-12-7-8-14-15(9-12)20-11-17-14/h7-9,11,13H,1-6,10H2,(H,18,19). The number of nitrogens with zero attached hydrogens (tertiary/aromatic N) is 1. The Morgan fingerprint density at radius 3 is 2.85 bits per heavy atom. The van der Waals surface area contributed by atoms with Crippen molar-refractivity contribution in [3.63, 3.8) is 0 Å². The van der Waals surface area contributed by atoms with E-state index < -0.39 is 0 Å². The molecule has 1 fully saturated rings. The molecule has 20 heavy (non-hydrogen) atoms. The van der Waals surface area contributed by atoms with Crippen molar-refractivity contribution in [1.29, 1.82) is 0 Å². The van der Waals surface area contributed by atoms with Crippen molar-refractivity contribution in [3.05, 3.63) is 30.2 Å². The fourth-order valence-corrected chi connectivity index (χ4v) is 2.90. The number of benzene rings is 1. The lowest BCUT2D eigenvalue weighted by Gasteiger charge is -2.16. The van der Waals surface area contributed by atoms with Crippen LogP contribution in [0.2, 0.25) is 0 Å². The zero-order valence-corrected chi connectivity index (χ0v) is 11.6. The van der Waals surface area contributed by atoms with Gasteiger partial charge in [-0.15, -0.1) is 0 Å². The van der Waals surface area contributed by atoms with Gasteiger partial charge < -0.3 is 9.73 Å². The Labute approximate surface area is 118 Å². The van der Waals surface area contributed by atoms with Crippen molar-refractivity contribution < 1.29 is 9.21 Å². The van der Waals surface area contributed by atoms with E-state index in [4.69, 9.17) is 4.42 Å². The third-order valence-electron chi connectivity index (χ3n) is 3.98. The van der Waals surface area contributed by atoms with Crippen molar-refractivity contribution >= 4 is 17.0 Å². The van der Waals surface area contributed by atoms with Crippen molar-refractivity contribution in [2.24, 2.45) is 0 Å². The van der Waals surface area contributed by atoms with Gasteiger partial charge in [-0.1, -0.05) is 31.7 Å². The molecule has 106 valence electrons. The van der Waals surface area contributed by atoms with E-state index in [0.717, 1.165) is 29.5 Å². The number of carbonyl (C=O) groups is 1. The molecule has 0 unspecified atom stereocenters. The van der Waals surface area contributed by atoms with E-state index >= 15 is 0 Å². The molecule has 0 aliphatic heterocycles. The predicted molar refractivity (Wildman–Crippen MR) is 77.3 cm³/mol. The van der Waals surface area contributed by atoms with E-state index in [1.807, 2.05) is 18.2 Å². The van der Waals surface area contributed by atoms with Gasteiger partial charge in [0, 0.05) is 6.04 Å². The van der Waals surface area contributed by atoms with Crippen LogP contribution in [0.5, 0.6) is 0 Å². The number of carbonyl (C=O) groups excluding carboxylic acids is 1. The first-order chi connectivity index (χ1) is 9.81. The number of oxazole rings is 1.